The van der Waals surface area contributed by atoms with Crippen molar-refractivity contribution in [1.82, 2.24) is 4.98 Å². The van der Waals surface area contributed by atoms with Crippen molar-refractivity contribution < 1.29 is 14.5 Å². The first kappa shape index (κ1) is 20.7. The molecule has 9 heteroatoms. The molecule has 3 rings (SSSR count). The molecule has 30 heavy (non-hydrogen) atoms. The predicted octanol–water partition coefficient (Wildman–Crippen LogP) is 4.55. The van der Waals surface area contributed by atoms with E-state index in [9.17, 15) is 19.7 Å². The Kier molecular flexibility index (Phi) is 6.51. The van der Waals surface area contributed by atoms with Crippen molar-refractivity contribution in [3.05, 3.63) is 99.2 Å². The van der Waals surface area contributed by atoms with Gasteiger partial charge in [-0.3, -0.25) is 19.7 Å². The molecule has 0 aliphatic heterocycles. The number of amides is 2. The number of nitro groups is 1. The van der Waals surface area contributed by atoms with Gasteiger partial charge in [-0.25, -0.2) is 4.98 Å². The summed E-state index contributed by atoms with van der Waals surface area (Å²) in [5.41, 5.74) is 1.16. The second-order valence-corrected chi connectivity index (χ2v) is 6.47. The Bertz CT molecular complexity index is 1110. The van der Waals surface area contributed by atoms with Gasteiger partial charge in [0.2, 0.25) is 5.91 Å². The van der Waals surface area contributed by atoms with E-state index in [0.717, 1.165) is 0 Å². The SMILES string of the molecule is O=C(/C=C/c1ccc([N+](=O)[O-])cc1)Nc1ccccc1C(=O)Nc1ccc(Cl)cn1. The van der Waals surface area contributed by atoms with Crippen molar-refractivity contribution >= 4 is 46.7 Å². The average molecular weight is 423 g/mol. The van der Waals surface area contributed by atoms with Crippen LogP contribution in [-0.2, 0) is 4.79 Å². The third-order valence-electron chi connectivity index (χ3n) is 3.93. The van der Waals surface area contributed by atoms with Crippen molar-refractivity contribution in [2.75, 3.05) is 10.6 Å². The molecule has 0 radical (unpaired) electrons. The lowest BCUT2D eigenvalue weighted by Crippen LogP contribution is -2.17. The van der Waals surface area contributed by atoms with Crippen LogP contribution in [0.25, 0.3) is 6.08 Å². The van der Waals surface area contributed by atoms with E-state index in [1.165, 1.54) is 42.6 Å². The minimum absolute atomic E-state index is 0.0354. The van der Waals surface area contributed by atoms with E-state index in [2.05, 4.69) is 15.6 Å². The fourth-order valence-corrected chi connectivity index (χ4v) is 2.59. The van der Waals surface area contributed by atoms with E-state index < -0.39 is 16.7 Å². The van der Waals surface area contributed by atoms with Gasteiger partial charge in [-0.15, -0.1) is 0 Å². The number of benzene rings is 2. The second kappa shape index (κ2) is 9.44. The van der Waals surface area contributed by atoms with Crippen LogP contribution in [0.3, 0.4) is 0 Å². The summed E-state index contributed by atoms with van der Waals surface area (Å²) in [4.78, 5) is 39.0. The van der Waals surface area contributed by atoms with Crippen molar-refractivity contribution in [1.29, 1.82) is 0 Å². The molecule has 0 atom stereocenters. The van der Waals surface area contributed by atoms with Crippen LogP contribution in [0.5, 0.6) is 0 Å². The molecular formula is C21H15ClN4O4. The van der Waals surface area contributed by atoms with Crippen LogP contribution in [-0.4, -0.2) is 21.7 Å². The summed E-state index contributed by atoms with van der Waals surface area (Å²) in [6.45, 7) is 0. The normalized spacial score (nSPS) is 10.6. The van der Waals surface area contributed by atoms with E-state index in [4.69, 9.17) is 11.6 Å². The first-order valence-electron chi connectivity index (χ1n) is 8.68. The van der Waals surface area contributed by atoms with Gasteiger partial charge >= 0.3 is 0 Å². The van der Waals surface area contributed by atoms with Crippen molar-refractivity contribution in [2.24, 2.45) is 0 Å². The standard InChI is InChI=1S/C21H15ClN4O4/c22-15-8-11-19(23-13-15)25-21(28)17-3-1-2-4-18(17)24-20(27)12-7-14-5-9-16(10-6-14)26(29)30/h1-13H,(H,24,27)(H,23,25,28)/b12-7+. The minimum Gasteiger partial charge on any atom is -0.322 e. The second-order valence-electron chi connectivity index (χ2n) is 6.03. The fraction of sp³-hybridized carbons (Fsp3) is 0. The van der Waals surface area contributed by atoms with Crippen LogP contribution < -0.4 is 10.6 Å². The lowest BCUT2D eigenvalue weighted by molar-refractivity contribution is -0.384. The number of halogens is 1. The first-order valence-corrected chi connectivity index (χ1v) is 9.05. The summed E-state index contributed by atoms with van der Waals surface area (Å²) in [6, 6.07) is 15.5. The Morgan fingerprint density at radius 2 is 1.73 bits per heavy atom. The number of non-ortho nitro benzene ring substituents is 1. The summed E-state index contributed by atoms with van der Waals surface area (Å²) in [7, 11) is 0. The number of hydrogen-bond acceptors (Lipinski definition) is 5. The smallest absolute Gasteiger partial charge is 0.269 e. The summed E-state index contributed by atoms with van der Waals surface area (Å²) in [5, 5.41) is 16.4. The Labute approximate surface area is 176 Å². The molecule has 0 fully saturated rings. The Hall–Kier alpha value is -4.04. The summed E-state index contributed by atoms with van der Waals surface area (Å²) in [6.07, 6.45) is 4.20. The maximum Gasteiger partial charge on any atom is 0.269 e. The number of para-hydroxylation sites is 1. The molecular weight excluding hydrogens is 408 g/mol. The van der Waals surface area contributed by atoms with Gasteiger partial charge in [0.15, 0.2) is 0 Å². The molecule has 150 valence electrons. The summed E-state index contributed by atoms with van der Waals surface area (Å²) >= 11 is 5.78. The maximum atomic E-state index is 12.6. The quantitative estimate of drug-likeness (QED) is 0.343. The van der Waals surface area contributed by atoms with Crippen molar-refractivity contribution in [3.63, 3.8) is 0 Å². The highest BCUT2D eigenvalue weighted by molar-refractivity contribution is 6.30. The van der Waals surface area contributed by atoms with E-state index in [1.54, 1.807) is 36.4 Å². The maximum absolute atomic E-state index is 12.6. The molecule has 2 aromatic carbocycles. The highest BCUT2D eigenvalue weighted by Crippen LogP contribution is 2.18. The third-order valence-corrected chi connectivity index (χ3v) is 4.15. The van der Waals surface area contributed by atoms with Crippen LogP contribution in [0.1, 0.15) is 15.9 Å². The minimum atomic E-state index is -0.498. The molecule has 3 aromatic rings. The van der Waals surface area contributed by atoms with Gasteiger partial charge in [0.25, 0.3) is 11.6 Å². The largest absolute Gasteiger partial charge is 0.322 e. The van der Waals surface area contributed by atoms with Gasteiger partial charge in [0, 0.05) is 24.4 Å². The van der Waals surface area contributed by atoms with E-state index in [-0.39, 0.29) is 11.3 Å². The van der Waals surface area contributed by atoms with Crippen LogP contribution in [0, 0.1) is 10.1 Å². The Balaban J connectivity index is 1.69. The topological polar surface area (TPSA) is 114 Å². The van der Waals surface area contributed by atoms with Crippen molar-refractivity contribution in [3.8, 4) is 0 Å². The number of rotatable bonds is 6. The monoisotopic (exact) mass is 422 g/mol. The number of nitrogens with one attached hydrogen (secondary N) is 2. The molecule has 0 aliphatic carbocycles. The van der Waals surface area contributed by atoms with Crippen molar-refractivity contribution in [2.45, 2.75) is 0 Å². The Morgan fingerprint density at radius 1 is 1.00 bits per heavy atom. The number of nitro benzene ring substituents is 1. The van der Waals surface area contributed by atoms with Gasteiger partial charge < -0.3 is 10.6 Å². The zero-order chi connectivity index (χ0) is 21.5. The number of nitrogens with zero attached hydrogens (tertiary/aromatic N) is 2. The molecule has 0 spiro atoms. The van der Waals surface area contributed by atoms with E-state index in [0.29, 0.717) is 22.1 Å². The van der Waals surface area contributed by atoms with Gasteiger partial charge in [-0.1, -0.05) is 23.7 Å². The average Bonchev–Trinajstić information content (AvgIpc) is 2.74. The lowest BCUT2D eigenvalue weighted by atomic mass is 10.1. The van der Waals surface area contributed by atoms with Gasteiger partial charge in [-0.05, 0) is 48.0 Å². The fourth-order valence-electron chi connectivity index (χ4n) is 2.48. The molecule has 0 saturated carbocycles. The molecule has 8 nitrogen and oxygen atoms in total. The zero-order valence-corrected chi connectivity index (χ0v) is 16.2. The highest BCUT2D eigenvalue weighted by atomic mass is 35.5. The third kappa shape index (κ3) is 5.49. The summed E-state index contributed by atoms with van der Waals surface area (Å²) < 4.78 is 0. The van der Waals surface area contributed by atoms with Crippen LogP contribution in [0.2, 0.25) is 5.02 Å². The number of carbonyl (C=O) groups is 2. The van der Waals surface area contributed by atoms with Crippen LogP contribution >= 0.6 is 11.6 Å². The van der Waals surface area contributed by atoms with Crippen LogP contribution in [0.15, 0.2) is 72.9 Å². The highest BCUT2D eigenvalue weighted by Gasteiger charge is 2.13. The molecule has 0 bridgehead atoms. The van der Waals surface area contributed by atoms with Gasteiger partial charge in [0.05, 0.1) is 21.2 Å². The molecule has 2 amide bonds. The van der Waals surface area contributed by atoms with Crippen LogP contribution in [0.4, 0.5) is 17.2 Å². The molecule has 0 saturated heterocycles. The number of pyridine rings is 1. The summed E-state index contributed by atoms with van der Waals surface area (Å²) in [5.74, 6) is -0.582. The number of aromatic nitrogens is 1. The number of hydrogen-bond donors (Lipinski definition) is 2. The molecule has 1 aromatic heterocycles. The molecule has 1 heterocycles. The lowest BCUT2D eigenvalue weighted by Gasteiger charge is -2.10. The van der Waals surface area contributed by atoms with E-state index >= 15 is 0 Å². The predicted molar refractivity (Wildman–Crippen MR) is 114 cm³/mol. The van der Waals surface area contributed by atoms with Gasteiger partial charge in [-0.2, -0.15) is 0 Å². The number of carbonyl (C=O) groups excluding carboxylic acids is 2. The zero-order valence-electron chi connectivity index (χ0n) is 15.4. The first-order chi connectivity index (χ1) is 14.4. The molecule has 0 unspecified atom stereocenters. The number of anilines is 2. The molecule has 2 N–H and O–H groups in total. The van der Waals surface area contributed by atoms with Gasteiger partial charge in [0.1, 0.15) is 5.82 Å². The Morgan fingerprint density at radius 3 is 2.40 bits per heavy atom. The van der Waals surface area contributed by atoms with E-state index in [1.807, 2.05) is 0 Å². The molecule has 0 aliphatic rings.